The molecule has 140 valence electrons. The van der Waals surface area contributed by atoms with E-state index in [0.29, 0.717) is 41.9 Å². The lowest BCUT2D eigenvalue weighted by atomic mass is 10.2. The van der Waals surface area contributed by atoms with E-state index in [4.69, 9.17) is 4.74 Å². The summed E-state index contributed by atoms with van der Waals surface area (Å²) in [6.07, 6.45) is 3.95. The van der Waals surface area contributed by atoms with Crippen molar-refractivity contribution in [3.05, 3.63) is 58.5 Å². The zero-order valence-corrected chi connectivity index (χ0v) is 14.9. The van der Waals surface area contributed by atoms with E-state index in [-0.39, 0.29) is 17.9 Å². The van der Waals surface area contributed by atoms with Gasteiger partial charge in [-0.2, -0.15) is 0 Å². The number of carboxylic acids is 1. The molecule has 2 N–H and O–H groups in total. The first kappa shape index (κ1) is 18.5. The second kappa shape index (κ2) is 8.41. The van der Waals surface area contributed by atoms with Crippen molar-refractivity contribution < 1.29 is 19.4 Å². The highest BCUT2D eigenvalue weighted by atomic mass is 16.5. The number of methoxy groups -OCH3 is 1. The predicted octanol–water partition coefficient (Wildman–Crippen LogP) is 0.944. The van der Waals surface area contributed by atoms with E-state index in [1.807, 2.05) is 6.07 Å². The zero-order valence-electron chi connectivity index (χ0n) is 14.9. The monoisotopic (exact) mass is 368 g/mol. The van der Waals surface area contributed by atoms with Gasteiger partial charge in [0.15, 0.2) is 5.49 Å². The molecular formula is C19H20N4O4. The zero-order chi connectivity index (χ0) is 19.2. The average molecular weight is 368 g/mol. The molecule has 1 aromatic heterocycles. The molecule has 3 rings (SSSR count). The predicted molar refractivity (Wildman–Crippen MR) is 98.7 cm³/mol. The van der Waals surface area contributed by atoms with Gasteiger partial charge in [0.25, 0.3) is 5.91 Å². The standard InChI is InChI=1S/C19H20N4O4/c1-27-11-5-10-23-16-15(9-8-14(12-20-16)18(25)26)21-19(23)22-17(24)13-6-3-2-4-7-13/h2-4,6-7,9,12H,5,8,10-11H2,1H3,(H,25,26)(H,21,22,24). The van der Waals surface area contributed by atoms with E-state index in [1.165, 1.54) is 6.20 Å². The van der Waals surface area contributed by atoms with Crippen molar-refractivity contribution in [3.63, 3.8) is 0 Å². The van der Waals surface area contributed by atoms with E-state index < -0.39 is 5.97 Å². The Morgan fingerprint density at radius 3 is 2.78 bits per heavy atom. The number of hydrogen-bond donors (Lipinski definition) is 2. The van der Waals surface area contributed by atoms with Crippen LogP contribution in [0.5, 0.6) is 0 Å². The molecule has 1 aliphatic heterocycles. The average Bonchev–Trinajstić information content (AvgIpc) is 2.85. The van der Waals surface area contributed by atoms with Gasteiger partial charge >= 0.3 is 5.97 Å². The van der Waals surface area contributed by atoms with Crippen LogP contribution in [0.15, 0.2) is 47.1 Å². The summed E-state index contributed by atoms with van der Waals surface area (Å²) in [5, 5.41) is 12.5. The second-order valence-corrected chi connectivity index (χ2v) is 5.96. The molecule has 0 saturated heterocycles. The number of carbonyl (C=O) groups is 2. The number of hydrogen-bond acceptors (Lipinski definition) is 5. The molecule has 0 radical (unpaired) electrons. The Labute approximate surface area is 155 Å². The molecule has 8 heteroatoms. The molecule has 0 atom stereocenters. The molecule has 1 aromatic carbocycles. The molecule has 2 heterocycles. The number of aromatic nitrogens is 2. The molecule has 1 amide bonds. The van der Waals surface area contributed by atoms with Crippen molar-refractivity contribution in [3.8, 4) is 0 Å². The smallest absolute Gasteiger partial charge is 0.333 e. The van der Waals surface area contributed by atoms with Gasteiger partial charge in [0.1, 0.15) is 5.35 Å². The van der Waals surface area contributed by atoms with E-state index in [0.717, 1.165) is 0 Å². The maximum atomic E-state index is 12.5. The molecule has 8 nitrogen and oxygen atoms in total. The highest BCUT2D eigenvalue weighted by Crippen LogP contribution is 2.08. The molecule has 0 unspecified atom stereocenters. The second-order valence-electron chi connectivity index (χ2n) is 5.96. The Balaban J connectivity index is 1.98. The lowest BCUT2D eigenvalue weighted by Gasteiger charge is -2.09. The fourth-order valence-electron chi connectivity index (χ4n) is 2.71. The number of anilines is 1. The number of rotatable bonds is 7. The lowest BCUT2D eigenvalue weighted by molar-refractivity contribution is -0.132. The number of nitrogens with one attached hydrogen (secondary N) is 1. The van der Waals surface area contributed by atoms with Crippen LogP contribution in [0.2, 0.25) is 0 Å². The Hall–Kier alpha value is -3.26. The summed E-state index contributed by atoms with van der Waals surface area (Å²) in [5.41, 5.74) is 1.23. The summed E-state index contributed by atoms with van der Waals surface area (Å²) in [4.78, 5) is 32.5. The van der Waals surface area contributed by atoms with Crippen LogP contribution in [0.4, 0.5) is 5.95 Å². The molecule has 27 heavy (non-hydrogen) atoms. The van der Waals surface area contributed by atoms with E-state index in [2.05, 4.69) is 15.3 Å². The third kappa shape index (κ3) is 4.29. The van der Waals surface area contributed by atoms with Crippen LogP contribution in [0.25, 0.3) is 6.08 Å². The molecule has 0 bridgehead atoms. The van der Waals surface area contributed by atoms with Gasteiger partial charge in [0.2, 0.25) is 5.95 Å². The van der Waals surface area contributed by atoms with Crippen LogP contribution in [0, 0.1) is 0 Å². The maximum absolute atomic E-state index is 12.5. The Bertz CT molecular complexity index is 993. The number of imidazole rings is 1. The summed E-state index contributed by atoms with van der Waals surface area (Å²) < 4.78 is 6.87. The number of benzene rings is 1. The molecule has 0 saturated carbocycles. The van der Waals surface area contributed by atoms with Gasteiger partial charge < -0.3 is 9.84 Å². The normalized spacial score (nSPS) is 12.9. The molecule has 0 aliphatic carbocycles. The number of ether oxygens (including phenoxy) is 1. The minimum atomic E-state index is -1.01. The van der Waals surface area contributed by atoms with Crippen LogP contribution >= 0.6 is 0 Å². The van der Waals surface area contributed by atoms with Gasteiger partial charge in [-0.3, -0.25) is 14.7 Å². The first-order valence-corrected chi connectivity index (χ1v) is 8.52. The summed E-state index contributed by atoms with van der Waals surface area (Å²) >= 11 is 0. The van der Waals surface area contributed by atoms with Crippen LogP contribution in [0.1, 0.15) is 23.2 Å². The summed E-state index contributed by atoms with van der Waals surface area (Å²) in [6, 6.07) is 8.85. The summed E-state index contributed by atoms with van der Waals surface area (Å²) in [6.45, 7) is 1.06. The molecule has 0 spiro atoms. The molecule has 2 aromatic rings. The Kier molecular flexibility index (Phi) is 5.77. The minimum Gasteiger partial charge on any atom is -0.478 e. The van der Waals surface area contributed by atoms with Gasteiger partial charge in [-0.1, -0.05) is 24.3 Å². The highest BCUT2D eigenvalue weighted by Gasteiger charge is 2.15. The summed E-state index contributed by atoms with van der Waals surface area (Å²) in [5.74, 6) is -0.911. The van der Waals surface area contributed by atoms with E-state index in [1.54, 1.807) is 42.0 Å². The number of aliphatic carboxylic acids is 1. The molecule has 1 aliphatic rings. The highest BCUT2D eigenvalue weighted by molar-refractivity contribution is 6.03. The first-order chi connectivity index (χ1) is 13.1. The Morgan fingerprint density at radius 2 is 2.07 bits per heavy atom. The van der Waals surface area contributed by atoms with Gasteiger partial charge in [0.05, 0.1) is 5.57 Å². The number of amides is 1. The maximum Gasteiger partial charge on any atom is 0.333 e. The van der Waals surface area contributed by atoms with Crippen molar-refractivity contribution in [2.45, 2.75) is 19.4 Å². The van der Waals surface area contributed by atoms with E-state index in [9.17, 15) is 14.7 Å². The SMILES string of the molecule is COCCCn1c(NC(=O)c2ccccc2)nc2c1=NC=C(C(=O)O)CC=2. The van der Waals surface area contributed by atoms with Gasteiger partial charge in [-0.25, -0.2) is 14.8 Å². The number of fused-ring (bicyclic) bond motifs is 1. The van der Waals surface area contributed by atoms with Crippen LogP contribution < -0.4 is 16.2 Å². The fourth-order valence-corrected chi connectivity index (χ4v) is 2.71. The van der Waals surface area contributed by atoms with Crippen molar-refractivity contribution in [2.75, 3.05) is 19.0 Å². The Morgan fingerprint density at radius 1 is 1.30 bits per heavy atom. The van der Waals surface area contributed by atoms with Crippen LogP contribution in [-0.4, -0.2) is 40.3 Å². The quantitative estimate of drug-likeness (QED) is 0.708. The summed E-state index contributed by atoms with van der Waals surface area (Å²) in [7, 11) is 1.62. The van der Waals surface area contributed by atoms with Crippen molar-refractivity contribution in [1.29, 1.82) is 0 Å². The largest absolute Gasteiger partial charge is 0.478 e. The van der Waals surface area contributed by atoms with Crippen LogP contribution in [-0.2, 0) is 16.1 Å². The third-order valence-corrected chi connectivity index (χ3v) is 4.09. The van der Waals surface area contributed by atoms with Crippen molar-refractivity contribution in [1.82, 2.24) is 9.55 Å². The lowest BCUT2D eigenvalue weighted by Crippen LogP contribution is -2.30. The number of carboxylic acid groups (broad SMARTS) is 1. The number of carbonyl (C=O) groups excluding carboxylic acids is 1. The van der Waals surface area contributed by atoms with Crippen LogP contribution in [0.3, 0.4) is 0 Å². The van der Waals surface area contributed by atoms with Gasteiger partial charge in [-0.15, -0.1) is 0 Å². The van der Waals surface area contributed by atoms with Gasteiger partial charge in [0, 0.05) is 38.4 Å². The van der Waals surface area contributed by atoms with Crippen molar-refractivity contribution >= 4 is 23.9 Å². The fraction of sp³-hybridized carbons (Fsp3) is 0.263. The third-order valence-electron chi connectivity index (χ3n) is 4.09. The van der Waals surface area contributed by atoms with Crippen molar-refractivity contribution in [2.24, 2.45) is 4.99 Å². The molecular weight excluding hydrogens is 348 g/mol. The minimum absolute atomic E-state index is 0.186. The number of nitrogens with zero attached hydrogens (tertiary/aromatic N) is 3. The first-order valence-electron chi connectivity index (χ1n) is 8.52. The molecule has 0 fully saturated rings. The van der Waals surface area contributed by atoms with Gasteiger partial charge in [-0.05, 0) is 18.6 Å². The topological polar surface area (TPSA) is 106 Å². The van der Waals surface area contributed by atoms with E-state index >= 15 is 0 Å².